The summed E-state index contributed by atoms with van der Waals surface area (Å²) in [7, 11) is 0. The summed E-state index contributed by atoms with van der Waals surface area (Å²) < 4.78 is 91.3. The fourth-order valence-corrected chi connectivity index (χ4v) is 20.1. The maximum Gasteiger partial charge on any atom is 0.243 e. The van der Waals surface area contributed by atoms with E-state index in [1.54, 1.807) is 0 Å². The van der Waals surface area contributed by atoms with Crippen LogP contribution in [-0.2, 0) is 26.2 Å². The van der Waals surface area contributed by atoms with Gasteiger partial charge in [-0.25, -0.2) is 18.3 Å². The van der Waals surface area contributed by atoms with Crippen molar-refractivity contribution in [3.05, 3.63) is 110 Å². The van der Waals surface area contributed by atoms with Crippen molar-refractivity contribution >= 4 is 64.6 Å². The fourth-order valence-electron chi connectivity index (χ4n) is 20.1. The third kappa shape index (κ3) is 41.8. The van der Waals surface area contributed by atoms with Gasteiger partial charge in [-0.3, -0.25) is 0 Å². The highest BCUT2D eigenvalue weighted by atomic mass is 16.5. The predicted molar refractivity (Wildman–Crippen MR) is 607 cm³/mol. The molecular formula is C128H200N4O12+2. The maximum absolute atomic E-state index is 6.93. The van der Waals surface area contributed by atoms with Gasteiger partial charge in [-0.1, -0.05) is 326 Å². The molecule has 0 atom stereocenters. The van der Waals surface area contributed by atoms with Crippen molar-refractivity contribution < 1.29 is 66.0 Å². The van der Waals surface area contributed by atoms with Crippen LogP contribution in [0.5, 0.6) is 69.0 Å². The van der Waals surface area contributed by atoms with Gasteiger partial charge in [0.15, 0.2) is 69.0 Å². The number of nitrogens with zero attached hydrogens (tertiary/aromatic N) is 4. The van der Waals surface area contributed by atoms with Gasteiger partial charge in [0, 0.05) is 0 Å². The van der Waals surface area contributed by atoms with Crippen LogP contribution in [0.15, 0.2) is 110 Å². The molecule has 2 heterocycles. The number of ether oxygens (including phenoxy) is 12. The monoisotopic (exact) mass is 1990 g/mol. The van der Waals surface area contributed by atoms with Crippen molar-refractivity contribution in [2.75, 3.05) is 79.3 Å². The second kappa shape index (κ2) is 72.6. The lowest BCUT2D eigenvalue weighted by atomic mass is 9.93. The number of fused-ring (bicyclic) bond motifs is 12. The predicted octanol–water partition coefficient (Wildman–Crippen LogP) is 37.0. The molecule has 0 radical (unpaired) electrons. The molecule has 0 saturated carbocycles. The van der Waals surface area contributed by atoms with Crippen molar-refractivity contribution in [3.8, 4) is 69.0 Å². The van der Waals surface area contributed by atoms with E-state index in [-0.39, 0.29) is 0 Å². The molecule has 0 aliphatic rings. The fraction of sp³-hybridized carbons (Fsp3) is 0.672. The highest BCUT2D eigenvalue weighted by Crippen LogP contribution is 2.51. The summed E-state index contributed by atoms with van der Waals surface area (Å²) in [6.45, 7) is 34.8. The minimum absolute atomic E-state index is 0.643. The Labute approximate surface area is 873 Å². The zero-order chi connectivity index (χ0) is 101. The highest BCUT2D eigenvalue weighted by molar-refractivity contribution is 6.28. The molecule has 16 nitrogen and oxygen atoms in total. The normalized spacial score (nSPS) is 11.7. The van der Waals surface area contributed by atoms with E-state index in [0.29, 0.717) is 79.3 Å². The highest BCUT2D eigenvalue weighted by Gasteiger charge is 2.25. The Balaban J connectivity index is 0.645. The Morgan fingerprint density at radius 2 is 0.278 bits per heavy atom. The Hall–Kier alpha value is -8.66. The SMILES string of the molecule is CCCCCCOc1cc2c3cc(OCCCCCC)c(OCCCCCC)cc3c3cc(OCCCCCCCCC[n+]4ccn(CCCCCCCCn5cc[n+](CCCCCCCCCOc6cc7c8cc(OCCCCCC)c(OCCCCCC)cc8c8cc(OCCCCCC)c(OCCCCCC)cc8c7cc6OCCCCCC)c5)c4)c(OCCCCCC)cc3c2cc1OCCCCCC. The van der Waals surface area contributed by atoms with E-state index in [1.807, 2.05) is 0 Å². The van der Waals surface area contributed by atoms with E-state index < -0.39 is 0 Å². The number of hydrogen-bond acceptors (Lipinski definition) is 12. The first kappa shape index (κ1) is 117. The van der Waals surface area contributed by atoms with Crippen LogP contribution >= 0.6 is 0 Å². The second-order valence-electron chi connectivity index (χ2n) is 41.7. The Morgan fingerprint density at radius 1 is 0.153 bits per heavy atom. The van der Waals surface area contributed by atoms with Crippen LogP contribution < -0.4 is 66.0 Å². The Morgan fingerprint density at radius 3 is 0.424 bits per heavy atom. The number of hydrogen-bond donors (Lipinski definition) is 0. The number of aromatic nitrogens is 4. The number of aryl methyl sites for hydroxylation is 4. The molecule has 0 aliphatic heterocycles. The molecule has 802 valence electrons. The van der Waals surface area contributed by atoms with Gasteiger partial charge in [0.2, 0.25) is 12.7 Å². The summed E-state index contributed by atoms with van der Waals surface area (Å²) in [5, 5.41) is 13.4. The van der Waals surface area contributed by atoms with Gasteiger partial charge in [0.05, 0.1) is 105 Å². The first-order valence-electron chi connectivity index (χ1n) is 59.9. The van der Waals surface area contributed by atoms with Gasteiger partial charge in [0.1, 0.15) is 24.8 Å². The molecule has 8 aromatic carbocycles. The number of unbranched alkanes of at least 4 members (excludes halogenated alkanes) is 47. The molecular weight excluding hydrogens is 1790 g/mol. The molecule has 0 fully saturated rings. The van der Waals surface area contributed by atoms with Gasteiger partial charge in [-0.15, -0.1) is 0 Å². The molecule has 0 saturated heterocycles. The molecule has 0 amide bonds. The first-order chi connectivity index (χ1) is 71.2. The smallest absolute Gasteiger partial charge is 0.243 e. The number of imidazole rings is 2. The standard InChI is InChI=1S/C128H200N4O12/c1-11-21-31-59-79-133-117-91-105-107-93-119(135-81-61-33-23-13-3)123(139-85-65-37-27-17-7)97-111(107)115-101-127(125(141-87-67-39-29-19-9)99-113(115)109(105)95-121(117)137-83-63-35-25-15-5)143-89-69-53-47-41-43-49-55-71-129-75-77-131(103-129)73-57-51-45-46-52-58-74-132-78-76-130(104-132)72-56-50-44-42-48-54-70-90-144-128-102-116-112-98-124(140-86-66-38-28-18-8)120(136-82-62-34-24-14-4)94-108(112)106-92-118(134-80-60-32-22-12-2)122(138-84-64-36-26-16-6)96-110(106)114(116)100-126(128)142-88-68-40-30-20-10/h75-78,91-104H,11-74,79-90H2,1-10H3/q+2. The van der Waals surface area contributed by atoms with Crippen LogP contribution in [-0.4, -0.2) is 88.4 Å². The average molecular weight is 1990 g/mol. The summed E-state index contributed by atoms with van der Waals surface area (Å²) in [5.41, 5.74) is 0. The molecule has 2 aromatic heterocycles. The van der Waals surface area contributed by atoms with Gasteiger partial charge in [0.25, 0.3) is 0 Å². The van der Waals surface area contributed by atoms with Gasteiger partial charge in [-0.2, -0.15) is 0 Å². The van der Waals surface area contributed by atoms with E-state index in [0.717, 1.165) is 314 Å². The quantitative estimate of drug-likeness (QED) is 0.0204. The third-order valence-corrected chi connectivity index (χ3v) is 29.0. The van der Waals surface area contributed by atoms with Crippen molar-refractivity contribution in [3.63, 3.8) is 0 Å². The Bertz CT molecular complexity index is 4680. The summed E-state index contributed by atoms with van der Waals surface area (Å²) in [4.78, 5) is 0. The van der Waals surface area contributed by atoms with E-state index >= 15 is 0 Å². The second-order valence-corrected chi connectivity index (χ2v) is 41.7. The summed E-state index contributed by atoms with van der Waals surface area (Å²) in [6.07, 6.45) is 83.6. The van der Waals surface area contributed by atoms with Crippen LogP contribution in [0.1, 0.15) is 454 Å². The van der Waals surface area contributed by atoms with Crippen LogP contribution in [0.3, 0.4) is 0 Å². The first-order valence-corrected chi connectivity index (χ1v) is 59.9. The van der Waals surface area contributed by atoms with Crippen molar-refractivity contribution in [2.24, 2.45) is 0 Å². The average Bonchev–Trinajstić information content (AvgIpc) is 0.762. The lowest BCUT2D eigenvalue weighted by Crippen LogP contribution is -2.30. The topological polar surface area (TPSA) is 128 Å². The third-order valence-electron chi connectivity index (χ3n) is 29.0. The summed E-state index contributed by atoms with van der Waals surface area (Å²) in [6, 6.07) is 27.1. The van der Waals surface area contributed by atoms with Crippen molar-refractivity contribution in [2.45, 2.75) is 481 Å². The molecule has 144 heavy (non-hydrogen) atoms. The molecule has 0 bridgehead atoms. The molecule has 16 heteroatoms. The van der Waals surface area contributed by atoms with Crippen molar-refractivity contribution in [1.29, 1.82) is 0 Å². The molecule has 0 N–H and O–H groups in total. The Kier molecular flexibility index (Phi) is 59.1. The number of benzene rings is 8. The van der Waals surface area contributed by atoms with Crippen LogP contribution in [0.25, 0.3) is 64.6 Å². The van der Waals surface area contributed by atoms with Crippen LogP contribution in [0.4, 0.5) is 0 Å². The molecule has 0 aliphatic carbocycles. The minimum atomic E-state index is 0.643. The maximum atomic E-state index is 6.93. The van der Waals surface area contributed by atoms with Crippen LogP contribution in [0, 0.1) is 0 Å². The molecule has 10 aromatic rings. The van der Waals surface area contributed by atoms with Crippen molar-refractivity contribution in [1.82, 2.24) is 9.13 Å². The van der Waals surface area contributed by atoms with E-state index in [4.69, 9.17) is 56.8 Å². The molecule has 0 unspecified atom stereocenters. The summed E-state index contributed by atoms with van der Waals surface area (Å²) >= 11 is 0. The lowest BCUT2D eigenvalue weighted by Gasteiger charge is -2.21. The summed E-state index contributed by atoms with van der Waals surface area (Å²) in [5.74, 6) is 9.72. The molecule has 0 spiro atoms. The zero-order valence-corrected chi connectivity index (χ0v) is 92.8. The van der Waals surface area contributed by atoms with E-state index in [2.05, 4.69) is 198 Å². The van der Waals surface area contributed by atoms with Gasteiger partial charge < -0.3 is 56.8 Å². The van der Waals surface area contributed by atoms with E-state index in [1.165, 1.54) is 231 Å². The van der Waals surface area contributed by atoms with Gasteiger partial charge >= 0.3 is 0 Å². The number of rotatable bonds is 91. The van der Waals surface area contributed by atoms with Crippen LogP contribution in [0.2, 0.25) is 0 Å². The van der Waals surface area contributed by atoms with E-state index in [9.17, 15) is 0 Å². The minimum Gasteiger partial charge on any atom is -0.490 e. The lowest BCUT2D eigenvalue weighted by molar-refractivity contribution is -0.697. The zero-order valence-electron chi connectivity index (χ0n) is 92.8. The largest absolute Gasteiger partial charge is 0.490 e. The molecule has 10 rings (SSSR count). The van der Waals surface area contributed by atoms with Gasteiger partial charge in [-0.05, 0) is 266 Å².